The highest BCUT2D eigenvalue weighted by atomic mass is 32.1. The Morgan fingerprint density at radius 1 is 1.29 bits per heavy atom. The molecule has 0 unspecified atom stereocenters. The summed E-state index contributed by atoms with van der Waals surface area (Å²) in [6.45, 7) is 7.04. The van der Waals surface area contributed by atoms with Crippen molar-refractivity contribution in [2.24, 2.45) is 0 Å². The van der Waals surface area contributed by atoms with Crippen molar-refractivity contribution in [3.63, 3.8) is 0 Å². The Morgan fingerprint density at radius 3 is 2.57 bits per heavy atom. The summed E-state index contributed by atoms with van der Waals surface area (Å²) >= 11 is 1.74. The Morgan fingerprint density at radius 2 is 2.07 bits per heavy atom. The van der Waals surface area contributed by atoms with Crippen molar-refractivity contribution in [2.75, 3.05) is 0 Å². The van der Waals surface area contributed by atoms with Gasteiger partial charge in [0.25, 0.3) is 0 Å². The summed E-state index contributed by atoms with van der Waals surface area (Å²) in [5, 5.41) is 1.12. The number of thiazole rings is 1. The van der Waals surface area contributed by atoms with E-state index in [2.05, 4.69) is 21.5 Å². The van der Waals surface area contributed by atoms with Crippen LogP contribution in [0.25, 0.3) is 0 Å². The van der Waals surface area contributed by atoms with Gasteiger partial charge >= 0.3 is 0 Å². The molecule has 0 saturated carbocycles. The van der Waals surface area contributed by atoms with Crippen molar-refractivity contribution in [3.8, 4) is 0 Å². The SMILES string of the molecule is Cc1ncc(Cn2cnc(C)c2C)s1. The maximum Gasteiger partial charge on any atom is 0.0954 e. The number of imidazole rings is 1. The van der Waals surface area contributed by atoms with Crippen LogP contribution in [0.5, 0.6) is 0 Å². The number of aromatic nitrogens is 3. The van der Waals surface area contributed by atoms with Gasteiger partial charge in [-0.25, -0.2) is 9.97 Å². The van der Waals surface area contributed by atoms with Crippen LogP contribution in [0.2, 0.25) is 0 Å². The summed E-state index contributed by atoms with van der Waals surface area (Å²) in [7, 11) is 0. The average molecular weight is 207 g/mol. The van der Waals surface area contributed by atoms with Crippen molar-refractivity contribution in [1.82, 2.24) is 14.5 Å². The van der Waals surface area contributed by atoms with E-state index in [0.717, 1.165) is 17.2 Å². The summed E-state index contributed by atoms with van der Waals surface area (Å²) in [4.78, 5) is 9.78. The van der Waals surface area contributed by atoms with Crippen LogP contribution in [-0.4, -0.2) is 14.5 Å². The lowest BCUT2D eigenvalue weighted by Crippen LogP contribution is -1.98. The zero-order valence-electron chi connectivity index (χ0n) is 8.61. The number of rotatable bonds is 2. The molecule has 0 N–H and O–H groups in total. The van der Waals surface area contributed by atoms with Crippen molar-refractivity contribution >= 4 is 11.3 Å². The highest BCUT2D eigenvalue weighted by Crippen LogP contribution is 2.14. The van der Waals surface area contributed by atoms with Gasteiger partial charge in [-0.15, -0.1) is 11.3 Å². The molecule has 4 heteroatoms. The second-order valence-electron chi connectivity index (χ2n) is 3.39. The molecular formula is C10H13N3S. The third-order valence-corrected chi connectivity index (χ3v) is 3.24. The fourth-order valence-corrected chi connectivity index (χ4v) is 2.14. The quantitative estimate of drug-likeness (QED) is 0.756. The number of aryl methyl sites for hydroxylation is 2. The maximum atomic E-state index is 4.27. The van der Waals surface area contributed by atoms with Crippen LogP contribution in [0.3, 0.4) is 0 Å². The zero-order valence-corrected chi connectivity index (χ0v) is 9.43. The van der Waals surface area contributed by atoms with E-state index in [9.17, 15) is 0 Å². The van der Waals surface area contributed by atoms with Gasteiger partial charge in [-0.2, -0.15) is 0 Å². The van der Waals surface area contributed by atoms with Gasteiger partial charge in [0.1, 0.15) is 0 Å². The lowest BCUT2D eigenvalue weighted by Gasteiger charge is -2.01. The molecule has 2 heterocycles. The zero-order chi connectivity index (χ0) is 10.1. The molecule has 0 bridgehead atoms. The first kappa shape index (κ1) is 9.40. The van der Waals surface area contributed by atoms with Gasteiger partial charge < -0.3 is 4.57 Å². The largest absolute Gasteiger partial charge is 0.329 e. The smallest absolute Gasteiger partial charge is 0.0954 e. The number of nitrogens with zero attached hydrogens (tertiary/aromatic N) is 3. The fourth-order valence-electron chi connectivity index (χ4n) is 1.35. The highest BCUT2D eigenvalue weighted by Gasteiger charge is 2.04. The number of hydrogen-bond donors (Lipinski definition) is 0. The molecule has 0 aliphatic carbocycles. The maximum absolute atomic E-state index is 4.27. The lowest BCUT2D eigenvalue weighted by molar-refractivity contribution is 0.778. The normalized spacial score (nSPS) is 10.8. The lowest BCUT2D eigenvalue weighted by atomic mass is 10.4. The minimum Gasteiger partial charge on any atom is -0.329 e. The summed E-state index contributed by atoms with van der Waals surface area (Å²) in [5.41, 5.74) is 2.34. The van der Waals surface area contributed by atoms with E-state index in [4.69, 9.17) is 0 Å². The van der Waals surface area contributed by atoms with Crippen LogP contribution in [0, 0.1) is 20.8 Å². The molecule has 0 aromatic carbocycles. The van der Waals surface area contributed by atoms with E-state index in [1.807, 2.05) is 26.4 Å². The van der Waals surface area contributed by atoms with E-state index in [1.165, 1.54) is 10.6 Å². The monoisotopic (exact) mass is 207 g/mol. The van der Waals surface area contributed by atoms with Gasteiger partial charge in [0.15, 0.2) is 0 Å². The topological polar surface area (TPSA) is 30.7 Å². The van der Waals surface area contributed by atoms with Gasteiger partial charge in [0.2, 0.25) is 0 Å². The average Bonchev–Trinajstić information content (AvgIpc) is 2.67. The molecule has 2 rings (SSSR count). The van der Waals surface area contributed by atoms with Crippen molar-refractivity contribution in [1.29, 1.82) is 0 Å². The molecule has 74 valence electrons. The van der Waals surface area contributed by atoms with Gasteiger partial charge in [-0.3, -0.25) is 0 Å². The molecule has 0 fully saturated rings. The van der Waals surface area contributed by atoms with Gasteiger partial charge in [0.05, 0.1) is 23.6 Å². The van der Waals surface area contributed by atoms with Crippen molar-refractivity contribution in [2.45, 2.75) is 27.3 Å². The van der Waals surface area contributed by atoms with Gasteiger partial charge in [-0.05, 0) is 20.8 Å². The molecule has 0 amide bonds. The molecule has 2 aromatic rings. The van der Waals surface area contributed by atoms with Crippen LogP contribution in [0.1, 0.15) is 21.3 Å². The van der Waals surface area contributed by atoms with E-state index in [0.29, 0.717) is 0 Å². The predicted molar refractivity (Wildman–Crippen MR) is 57.7 cm³/mol. The first-order chi connectivity index (χ1) is 6.66. The molecule has 0 saturated heterocycles. The summed E-state index contributed by atoms with van der Waals surface area (Å²) in [6.07, 6.45) is 3.83. The molecule has 0 atom stereocenters. The van der Waals surface area contributed by atoms with Crippen LogP contribution in [0.15, 0.2) is 12.5 Å². The summed E-state index contributed by atoms with van der Waals surface area (Å²) in [6, 6.07) is 0. The van der Waals surface area contributed by atoms with Gasteiger partial charge in [-0.1, -0.05) is 0 Å². The van der Waals surface area contributed by atoms with Crippen LogP contribution < -0.4 is 0 Å². The number of hydrogen-bond acceptors (Lipinski definition) is 3. The third kappa shape index (κ3) is 1.70. The first-order valence-electron chi connectivity index (χ1n) is 4.56. The Balaban J connectivity index is 2.22. The Kier molecular flexibility index (Phi) is 2.37. The molecule has 0 radical (unpaired) electrons. The van der Waals surface area contributed by atoms with E-state index in [1.54, 1.807) is 11.3 Å². The summed E-state index contributed by atoms with van der Waals surface area (Å²) in [5.74, 6) is 0. The van der Waals surface area contributed by atoms with Crippen LogP contribution in [-0.2, 0) is 6.54 Å². The fraction of sp³-hybridized carbons (Fsp3) is 0.400. The first-order valence-corrected chi connectivity index (χ1v) is 5.38. The van der Waals surface area contributed by atoms with Gasteiger partial charge in [0, 0.05) is 16.8 Å². The molecular weight excluding hydrogens is 194 g/mol. The van der Waals surface area contributed by atoms with E-state index >= 15 is 0 Å². The van der Waals surface area contributed by atoms with Crippen LogP contribution >= 0.6 is 11.3 Å². The second-order valence-corrected chi connectivity index (χ2v) is 4.71. The molecule has 0 aliphatic rings. The molecule has 0 spiro atoms. The predicted octanol–water partition coefficient (Wildman–Crippen LogP) is 2.31. The Hall–Kier alpha value is -1.16. The molecule has 2 aromatic heterocycles. The molecule has 14 heavy (non-hydrogen) atoms. The standard InChI is InChI=1S/C10H13N3S/c1-7-8(2)13(6-12-7)5-10-4-11-9(3)14-10/h4,6H,5H2,1-3H3. The van der Waals surface area contributed by atoms with E-state index < -0.39 is 0 Å². The minimum absolute atomic E-state index is 0.887. The highest BCUT2D eigenvalue weighted by molar-refractivity contribution is 7.11. The van der Waals surface area contributed by atoms with Crippen molar-refractivity contribution < 1.29 is 0 Å². The minimum atomic E-state index is 0.887. The summed E-state index contributed by atoms with van der Waals surface area (Å²) < 4.78 is 2.16. The van der Waals surface area contributed by atoms with E-state index in [-0.39, 0.29) is 0 Å². The second kappa shape index (κ2) is 3.53. The molecule has 0 aliphatic heterocycles. The Labute approximate surface area is 87.4 Å². The van der Waals surface area contributed by atoms with Crippen LogP contribution in [0.4, 0.5) is 0 Å². The van der Waals surface area contributed by atoms with Crippen molar-refractivity contribution in [3.05, 3.63) is 33.8 Å². The Bertz CT molecular complexity index is 442. The third-order valence-electron chi connectivity index (χ3n) is 2.34. The molecule has 3 nitrogen and oxygen atoms in total.